The third-order valence-corrected chi connectivity index (χ3v) is 3.58. The maximum absolute atomic E-state index is 11.2. The van der Waals surface area contributed by atoms with Gasteiger partial charge in [0.15, 0.2) is 0 Å². The van der Waals surface area contributed by atoms with Crippen LogP contribution in [0.25, 0.3) is 0 Å². The average molecular weight is 292 g/mol. The largest absolute Gasteiger partial charge is 0.478 e. The van der Waals surface area contributed by atoms with Crippen molar-refractivity contribution in [1.29, 1.82) is 0 Å². The summed E-state index contributed by atoms with van der Waals surface area (Å²) >= 11 is 0. The van der Waals surface area contributed by atoms with Gasteiger partial charge in [-0.25, -0.2) is 9.78 Å². The van der Waals surface area contributed by atoms with Gasteiger partial charge in [0.2, 0.25) is 0 Å². The normalized spacial score (nSPS) is 15.9. The molecule has 0 bridgehead atoms. The van der Waals surface area contributed by atoms with Crippen LogP contribution in [-0.4, -0.2) is 60.2 Å². The monoisotopic (exact) mass is 292 g/mol. The van der Waals surface area contributed by atoms with Crippen LogP contribution in [0.4, 0.5) is 5.82 Å². The van der Waals surface area contributed by atoms with E-state index >= 15 is 0 Å². The number of aromatic carboxylic acids is 1. The number of nitrogens with zero attached hydrogens (tertiary/aromatic N) is 2. The Balaban J connectivity index is 1.92. The highest BCUT2D eigenvalue weighted by Gasteiger charge is 2.10. The van der Waals surface area contributed by atoms with E-state index in [2.05, 4.69) is 27.4 Å². The molecule has 3 N–H and O–H groups in total. The van der Waals surface area contributed by atoms with Crippen molar-refractivity contribution >= 4 is 11.8 Å². The van der Waals surface area contributed by atoms with Crippen molar-refractivity contribution in [2.75, 3.05) is 44.6 Å². The van der Waals surface area contributed by atoms with Gasteiger partial charge >= 0.3 is 5.97 Å². The topological polar surface area (TPSA) is 77.5 Å². The van der Waals surface area contributed by atoms with Crippen LogP contribution in [0.2, 0.25) is 0 Å². The zero-order chi connectivity index (χ0) is 15.1. The Kier molecular flexibility index (Phi) is 5.95. The summed E-state index contributed by atoms with van der Waals surface area (Å²) in [6, 6.07) is 3.27. The predicted molar refractivity (Wildman–Crippen MR) is 83.0 cm³/mol. The SMILES string of the molecule is CCCc1cc(C(=O)O)cc(NCCN2CCNCC2)n1. The van der Waals surface area contributed by atoms with Gasteiger partial charge < -0.3 is 15.7 Å². The lowest BCUT2D eigenvalue weighted by Gasteiger charge is -2.27. The fourth-order valence-corrected chi connectivity index (χ4v) is 2.46. The van der Waals surface area contributed by atoms with Crippen molar-refractivity contribution in [1.82, 2.24) is 15.2 Å². The number of anilines is 1. The summed E-state index contributed by atoms with van der Waals surface area (Å²) in [5.74, 6) is -0.242. The minimum atomic E-state index is -0.903. The maximum Gasteiger partial charge on any atom is 0.335 e. The molecule has 0 aromatic carbocycles. The van der Waals surface area contributed by atoms with Crippen LogP contribution in [0.3, 0.4) is 0 Å². The molecular weight excluding hydrogens is 268 g/mol. The van der Waals surface area contributed by atoms with Gasteiger partial charge in [-0.3, -0.25) is 4.90 Å². The zero-order valence-corrected chi connectivity index (χ0v) is 12.6. The molecule has 2 rings (SSSR count). The Bertz CT molecular complexity index is 473. The second-order valence-corrected chi connectivity index (χ2v) is 5.31. The highest BCUT2D eigenvalue weighted by molar-refractivity contribution is 5.88. The molecule has 0 atom stereocenters. The Morgan fingerprint density at radius 3 is 2.86 bits per heavy atom. The molecule has 1 aromatic heterocycles. The zero-order valence-electron chi connectivity index (χ0n) is 12.6. The third kappa shape index (κ3) is 4.99. The number of piperazine rings is 1. The highest BCUT2D eigenvalue weighted by Crippen LogP contribution is 2.12. The van der Waals surface area contributed by atoms with E-state index in [9.17, 15) is 4.79 Å². The van der Waals surface area contributed by atoms with Crippen LogP contribution >= 0.6 is 0 Å². The summed E-state index contributed by atoms with van der Waals surface area (Å²) in [7, 11) is 0. The van der Waals surface area contributed by atoms with Gasteiger partial charge in [0.1, 0.15) is 5.82 Å². The van der Waals surface area contributed by atoms with Crippen molar-refractivity contribution in [2.24, 2.45) is 0 Å². The van der Waals surface area contributed by atoms with Crippen molar-refractivity contribution in [3.05, 3.63) is 23.4 Å². The van der Waals surface area contributed by atoms with E-state index in [0.717, 1.165) is 57.8 Å². The summed E-state index contributed by atoms with van der Waals surface area (Å²) in [6.07, 6.45) is 1.75. The van der Waals surface area contributed by atoms with Crippen LogP contribution in [0.5, 0.6) is 0 Å². The Morgan fingerprint density at radius 1 is 1.43 bits per heavy atom. The molecule has 1 aliphatic rings. The summed E-state index contributed by atoms with van der Waals surface area (Å²) in [5, 5.41) is 15.7. The molecule has 6 nitrogen and oxygen atoms in total. The van der Waals surface area contributed by atoms with Crippen molar-refractivity contribution < 1.29 is 9.90 Å². The molecule has 0 radical (unpaired) electrons. The molecule has 2 heterocycles. The van der Waals surface area contributed by atoms with E-state index < -0.39 is 5.97 Å². The Morgan fingerprint density at radius 2 is 2.19 bits per heavy atom. The number of carboxylic acid groups (broad SMARTS) is 1. The van der Waals surface area contributed by atoms with Crippen molar-refractivity contribution in [3.63, 3.8) is 0 Å². The Labute approximate surface area is 125 Å². The molecule has 6 heteroatoms. The first-order chi connectivity index (χ1) is 10.2. The summed E-state index contributed by atoms with van der Waals surface area (Å²) < 4.78 is 0. The molecule has 0 aliphatic carbocycles. The predicted octanol–water partition coefficient (Wildman–Crippen LogP) is 1.05. The number of rotatable bonds is 7. The first kappa shape index (κ1) is 15.7. The van der Waals surface area contributed by atoms with Crippen molar-refractivity contribution in [2.45, 2.75) is 19.8 Å². The fraction of sp³-hybridized carbons (Fsp3) is 0.600. The van der Waals surface area contributed by atoms with E-state index in [0.29, 0.717) is 11.4 Å². The van der Waals surface area contributed by atoms with Gasteiger partial charge in [0.25, 0.3) is 0 Å². The number of hydrogen-bond acceptors (Lipinski definition) is 5. The number of carboxylic acids is 1. The van der Waals surface area contributed by atoms with Gasteiger partial charge in [0, 0.05) is 45.0 Å². The van der Waals surface area contributed by atoms with E-state index in [1.54, 1.807) is 12.1 Å². The molecule has 116 valence electrons. The summed E-state index contributed by atoms with van der Waals surface area (Å²) in [5.41, 5.74) is 1.14. The number of nitrogens with one attached hydrogen (secondary N) is 2. The number of aryl methyl sites for hydroxylation is 1. The van der Waals surface area contributed by atoms with Crippen LogP contribution in [0, 0.1) is 0 Å². The minimum Gasteiger partial charge on any atom is -0.478 e. The molecule has 1 fully saturated rings. The molecule has 0 amide bonds. The number of pyridine rings is 1. The number of hydrogen-bond donors (Lipinski definition) is 3. The van der Waals surface area contributed by atoms with E-state index in [1.165, 1.54) is 0 Å². The molecule has 0 saturated carbocycles. The van der Waals surface area contributed by atoms with E-state index in [-0.39, 0.29) is 0 Å². The second kappa shape index (κ2) is 7.95. The highest BCUT2D eigenvalue weighted by atomic mass is 16.4. The molecule has 0 spiro atoms. The molecule has 1 saturated heterocycles. The van der Waals surface area contributed by atoms with Gasteiger partial charge in [-0.15, -0.1) is 0 Å². The smallest absolute Gasteiger partial charge is 0.335 e. The fourth-order valence-electron chi connectivity index (χ4n) is 2.46. The summed E-state index contributed by atoms with van der Waals surface area (Å²) in [4.78, 5) is 18.0. The first-order valence-corrected chi connectivity index (χ1v) is 7.60. The van der Waals surface area contributed by atoms with Gasteiger partial charge in [-0.2, -0.15) is 0 Å². The minimum absolute atomic E-state index is 0.304. The van der Waals surface area contributed by atoms with Gasteiger partial charge in [0.05, 0.1) is 5.56 Å². The average Bonchev–Trinajstić information content (AvgIpc) is 2.48. The van der Waals surface area contributed by atoms with Crippen LogP contribution in [-0.2, 0) is 6.42 Å². The lowest BCUT2D eigenvalue weighted by atomic mass is 10.1. The van der Waals surface area contributed by atoms with Crippen LogP contribution in [0.1, 0.15) is 29.4 Å². The number of aromatic nitrogens is 1. The second-order valence-electron chi connectivity index (χ2n) is 5.31. The van der Waals surface area contributed by atoms with Crippen LogP contribution < -0.4 is 10.6 Å². The van der Waals surface area contributed by atoms with E-state index in [1.807, 2.05) is 0 Å². The lowest BCUT2D eigenvalue weighted by molar-refractivity contribution is 0.0696. The van der Waals surface area contributed by atoms with Crippen molar-refractivity contribution in [3.8, 4) is 0 Å². The molecule has 1 aromatic rings. The van der Waals surface area contributed by atoms with Gasteiger partial charge in [-0.05, 0) is 18.6 Å². The molecular formula is C15H24N4O2. The van der Waals surface area contributed by atoms with Gasteiger partial charge in [-0.1, -0.05) is 13.3 Å². The van der Waals surface area contributed by atoms with Crippen LogP contribution in [0.15, 0.2) is 12.1 Å². The molecule has 1 aliphatic heterocycles. The quantitative estimate of drug-likeness (QED) is 0.697. The molecule has 21 heavy (non-hydrogen) atoms. The lowest BCUT2D eigenvalue weighted by Crippen LogP contribution is -2.45. The standard InChI is InChI=1S/C15H24N4O2/c1-2-3-13-10-12(15(20)21)11-14(18-13)17-6-9-19-7-4-16-5-8-19/h10-11,16H,2-9H2,1H3,(H,17,18)(H,20,21). The third-order valence-electron chi connectivity index (χ3n) is 3.58. The van der Waals surface area contributed by atoms with E-state index in [4.69, 9.17) is 5.11 Å². The number of carbonyl (C=O) groups is 1. The first-order valence-electron chi connectivity index (χ1n) is 7.60. The Hall–Kier alpha value is -1.66. The molecule has 0 unspecified atom stereocenters. The summed E-state index contributed by atoms with van der Waals surface area (Å²) in [6.45, 7) is 7.98. The maximum atomic E-state index is 11.2.